The van der Waals surface area contributed by atoms with Crippen LogP contribution < -0.4 is 4.90 Å². The number of ether oxygens (including phenoxy) is 1. The van der Waals surface area contributed by atoms with Crippen LogP contribution in [0, 0.1) is 17.2 Å². The lowest BCUT2D eigenvalue weighted by Gasteiger charge is -2.31. The van der Waals surface area contributed by atoms with E-state index in [1.165, 1.54) is 34.4 Å². The van der Waals surface area contributed by atoms with E-state index < -0.39 is 0 Å². The number of fused-ring (bicyclic) bond motifs is 1. The summed E-state index contributed by atoms with van der Waals surface area (Å²) in [6.45, 7) is 7.42. The van der Waals surface area contributed by atoms with E-state index in [1.54, 1.807) is 11.3 Å². The van der Waals surface area contributed by atoms with Crippen molar-refractivity contribution >= 4 is 28.0 Å². The van der Waals surface area contributed by atoms with Crippen LogP contribution in [0.3, 0.4) is 0 Å². The fraction of sp³-hybridized carbons (Fsp3) is 0.556. The van der Waals surface area contributed by atoms with E-state index in [-0.39, 0.29) is 0 Å². The normalized spacial score (nSPS) is 17.9. The molecule has 2 fully saturated rings. The van der Waals surface area contributed by atoms with Gasteiger partial charge in [0, 0.05) is 47.7 Å². The molecule has 0 N–H and O–H groups in total. The molecule has 186 valence electrons. The van der Waals surface area contributed by atoms with Crippen molar-refractivity contribution in [1.82, 2.24) is 15.0 Å². The summed E-state index contributed by atoms with van der Waals surface area (Å²) >= 11 is 1.62. The Kier molecular flexibility index (Phi) is 7.69. The first kappa shape index (κ1) is 24.3. The van der Waals surface area contributed by atoms with Crippen LogP contribution in [0.25, 0.3) is 11.0 Å². The molecule has 2 saturated heterocycles. The van der Waals surface area contributed by atoms with Crippen LogP contribution in [0.4, 0.5) is 5.69 Å². The Labute approximate surface area is 211 Å². The summed E-state index contributed by atoms with van der Waals surface area (Å²) in [7, 11) is 4.21. The molecule has 35 heavy (non-hydrogen) atoms. The van der Waals surface area contributed by atoms with Crippen molar-refractivity contribution in [3.63, 3.8) is 0 Å². The van der Waals surface area contributed by atoms with Crippen molar-refractivity contribution in [3.05, 3.63) is 45.3 Å². The quantitative estimate of drug-likeness (QED) is 0.457. The van der Waals surface area contributed by atoms with Gasteiger partial charge < -0.3 is 19.1 Å². The summed E-state index contributed by atoms with van der Waals surface area (Å²) in [6.07, 6.45) is 4.56. The zero-order valence-corrected chi connectivity index (χ0v) is 21.6. The highest BCUT2D eigenvalue weighted by atomic mass is 32.1. The van der Waals surface area contributed by atoms with Gasteiger partial charge in [0.15, 0.2) is 5.58 Å². The van der Waals surface area contributed by atoms with Gasteiger partial charge >= 0.3 is 0 Å². The topological polar surface area (TPSA) is 68.8 Å². The van der Waals surface area contributed by atoms with Crippen molar-refractivity contribution < 1.29 is 9.26 Å². The third-order valence-electron chi connectivity index (χ3n) is 7.27. The first-order valence-corrected chi connectivity index (χ1v) is 13.5. The van der Waals surface area contributed by atoms with Crippen LogP contribution >= 0.6 is 11.3 Å². The molecule has 0 spiro atoms. The largest absolute Gasteiger partial charge is 0.378 e. The lowest BCUT2D eigenvalue weighted by Crippen LogP contribution is -2.37. The Balaban J connectivity index is 1.22. The summed E-state index contributed by atoms with van der Waals surface area (Å²) in [6, 6.07) is 10.7. The standard InChI is InChI=1S/C27H35N5O2S/c1-30(2)19-24-26(32-13-15-33-16-14-32)8-6-23-25(29-34-27(23)24)7-3-20-9-11-31(12-10-20)18-22-5-4-21(17-28)35-22/h4-6,8,20H,3,7,9-16,18-19H2,1-2H3. The van der Waals surface area contributed by atoms with E-state index in [0.717, 1.165) is 87.4 Å². The average molecular weight is 494 g/mol. The molecule has 5 rings (SSSR count). The molecule has 4 heterocycles. The van der Waals surface area contributed by atoms with E-state index in [9.17, 15) is 0 Å². The highest BCUT2D eigenvalue weighted by Crippen LogP contribution is 2.33. The van der Waals surface area contributed by atoms with Crippen molar-refractivity contribution in [3.8, 4) is 6.07 Å². The number of hydrogen-bond acceptors (Lipinski definition) is 8. The van der Waals surface area contributed by atoms with Gasteiger partial charge in [-0.15, -0.1) is 11.3 Å². The van der Waals surface area contributed by atoms with Gasteiger partial charge in [0.05, 0.1) is 18.9 Å². The highest BCUT2D eigenvalue weighted by molar-refractivity contribution is 7.12. The monoisotopic (exact) mass is 493 g/mol. The number of aryl methyl sites for hydroxylation is 1. The number of anilines is 1. The van der Waals surface area contributed by atoms with Crippen LogP contribution in [0.1, 0.15) is 40.3 Å². The van der Waals surface area contributed by atoms with Gasteiger partial charge in [0.1, 0.15) is 10.9 Å². The molecule has 0 saturated carbocycles. The SMILES string of the molecule is CN(C)Cc1c(N2CCOCC2)ccc2c(CCC3CCN(Cc4ccc(C#N)s4)CC3)noc12. The number of piperidine rings is 1. The van der Waals surface area contributed by atoms with Gasteiger partial charge in [0.2, 0.25) is 0 Å². The number of nitriles is 1. The molecule has 0 unspecified atom stereocenters. The average Bonchev–Trinajstić information content (AvgIpc) is 3.51. The fourth-order valence-corrected chi connectivity index (χ4v) is 6.21. The molecule has 7 nitrogen and oxygen atoms in total. The van der Waals surface area contributed by atoms with Crippen molar-refractivity contribution in [2.75, 3.05) is 58.4 Å². The molecular formula is C27H35N5O2S. The second-order valence-corrected chi connectivity index (χ2v) is 11.2. The number of likely N-dealkylation sites (tertiary alicyclic amines) is 1. The van der Waals surface area contributed by atoms with E-state index >= 15 is 0 Å². The third-order valence-corrected chi connectivity index (χ3v) is 8.24. The van der Waals surface area contributed by atoms with Crippen LogP contribution in [0.2, 0.25) is 0 Å². The molecule has 8 heteroatoms. The molecule has 2 aliphatic heterocycles. The lowest BCUT2D eigenvalue weighted by molar-refractivity contribution is 0.122. The van der Waals surface area contributed by atoms with Crippen molar-refractivity contribution in [2.24, 2.45) is 5.92 Å². The van der Waals surface area contributed by atoms with Gasteiger partial charge in [-0.3, -0.25) is 4.90 Å². The maximum atomic E-state index is 9.05. The highest BCUT2D eigenvalue weighted by Gasteiger charge is 2.23. The molecule has 3 aromatic rings. The van der Waals surface area contributed by atoms with Crippen molar-refractivity contribution in [2.45, 2.75) is 38.8 Å². The third kappa shape index (κ3) is 5.70. The fourth-order valence-electron chi connectivity index (χ4n) is 5.37. The van der Waals surface area contributed by atoms with Gasteiger partial charge in [-0.1, -0.05) is 5.16 Å². The molecule has 0 amide bonds. The maximum absolute atomic E-state index is 9.05. The van der Waals surface area contributed by atoms with Crippen LogP contribution in [0.5, 0.6) is 0 Å². The van der Waals surface area contributed by atoms with E-state index in [4.69, 9.17) is 14.5 Å². The lowest BCUT2D eigenvalue weighted by atomic mass is 9.91. The van der Waals surface area contributed by atoms with Crippen LogP contribution in [-0.2, 0) is 24.2 Å². The molecule has 0 aliphatic carbocycles. The zero-order chi connectivity index (χ0) is 24.2. The molecule has 0 radical (unpaired) electrons. The van der Waals surface area contributed by atoms with Gasteiger partial charge in [-0.2, -0.15) is 5.26 Å². The Bertz CT molecular complexity index is 1170. The zero-order valence-electron chi connectivity index (χ0n) is 20.8. The van der Waals surface area contributed by atoms with Gasteiger partial charge in [0.25, 0.3) is 0 Å². The Morgan fingerprint density at radius 1 is 1.11 bits per heavy atom. The molecule has 2 aromatic heterocycles. The Morgan fingerprint density at radius 3 is 2.63 bits per heavy atom. The molecule has 0 atom stereocenters. The Hall–Kier alpha value is -2.44. The number of rotatable bonds is 8. The second kappa shape index (κ2) is 11.1. The summed E-state index contributed by atoms with van der Waals surface area (Å²) in [5, 5.41) is 14.8. The van der Waals surface area contributed by atoms with Gasteiger partial charge in [-0.25, -0.2) is 0 Å². The minimum Gasteiger partial charge on any atom is -0.378 e. The summed E-state index contributed by atoms with van der Waals surface area (Å²) in [4.78, 5) is 9.23. The first-order valence-electron chi connectivity index (χ1n) is 12.7. The van der Waals surface area contributed by atoms with E-state index in [2.05, 4.69) is 58.2 Å². The molecule has 0 bridgehead atoms. The molecular weight excluding hydrogens is 458 g/mol. The first-order chi connectivity index (χ1) is 17.1. The van der Waals surface area contributed by atoms with Crippen molar-refractivity contribution in [1.29, 1.82) is 5.26 Å². The molecule has 1 aromatic carbocycles. The smallest absolute Gasteiger partial charge is 0.173 e. The summed E-state index contributed by atoms with van der Waals surface area (Å²) in [5.41, 5.74) is 4.52. The van der Waals surface area contributed by atoms with Crippen LogP contribution in [-0.4, -0.2) is 68.4 Å². The number of benzene rings is 1. The number of nitrogens with zero attached hydrogens (tertiary/aromatic N) is 5. The second-order valence-electron chi connectivity index (χ2n) is 10.0. The number of thiophene rings is 1. The predicted molar refractivity (Wildman–Crippen MR) is 140 cm³/mol. The van der Waals surface area contributed by atoms with Crippen LogP contribution in [0.15, 0.2) is 28.8 Å². The minimum atomic E-state index is 0.727. The molecule has 2 aliphatic rings. The maximum Gasteiger partial charge on any atom is 0.173 e. The predicted octanol–water partition coefficient (Wildman–Crippen LogP) is 4.50. The number of aromatic nitrogens is 1. The summed E-state index contributed by atoms with van der Waals surface area (Å²) in [5.74, 6) is 0.727. The number of hydrogen-bond donors (Lipinski definition) is 0. The van der Waals surface area contributed by atoms with E-state index in [0.29, 0.717) is 0 Å². The number of morpholine rings is 1. The van der Waals surface area contributed by atoms with Gasteiger partial charge in [-0.05, 0) is 83.1 Å². The summed E-state index contributed by atoms with van der Waals surface area (Å²) < 4.78 is 11.5. The van der Waals surface area contributed by atoms with E-state index in [1.807, 2.05) is 6.07 Å². The minimum absolute atomic E-state index is 0.727. The Morgan fingerprint density at radius 2 is 1.91 bits per heavy atom.